The van der Waals surface area contributed by atoms with Crippen LogP contribution in [0.15, 0.2) is 48.5 Å². The fourth-order valence-corrected chi connectivity index (χ4v) is 5.28. The molecule has 0 aliphatic heterocycles. The van der Waals surface area contributed by atoms with Crippen LogP contribution in [0.2, 0.25) is 0 Å². The average molecular weight is 465 g/mol. The topological polar surface area (TPSA) is 95.9 Å². The van der Waals surface area contributed by atoms with Gasteiger partial charge in [0.2, 0.25) is 5.91 Å². The van der Waals surface area contributed by atoms with Crippen molar-refractivity contribution < 1.29 is 24.2 Å². The smallest absolute Gasteiger partial charge is 0.407 e. The number of aliphatic carboxylic acids is 1. The Morgan fingerprint density at radius 1 is 1.00 bits per heavy atom. The zero-order valence-corrected chi connectivity index (χ0v) is 19.5. The summed E-state index contributed by atoms with van der Waals surface area (Å²) in [5.41, 5.74) is 4.65. The summed E-state index contributed by atoms with van der Waals surface area (Å²) in [6.07, 6.45) is 2.62. The molecule has 2 aromatic rings. The highest BCUT2D eigenvalue weighted by atomic mass is 16.5. The Labute approximate surface area is 200 Å². The summed E-state index contributed by atoms with van der Waals surface area (Å²) < 4.78 is 5.68. The number of carbonyl (C=O) groups is 3. The molecule has 0 saturated heterocycles. The maximum Gasteiger partial charge on any atom is 0.407 e. The number of hydrogen-bond donors (Lipinski definition) is 2. The highest BCUT2D eigenvalue weighted by molar-refractivity contribution is 5.81. The molecule has 0 spiro atoms. The van der Waals surface area contributed by atoms with Crippen molar-refractivity contribution >= 4 is 18.0 Å². The summed E-state index contributed by atoms with van der Waals surface area (Å²) in [4.78, 5) is 38.4. The van der Waals surface area contributed by atoms with Gasteiger partial charge in [-0.2, -0.15) is 0 Å². The van der Waals surface area contributed by atoms with Gasteiger partial charge in [-0.1, -0.05) is 61.4 Å². The Balaban J connectivity index is 1.39. The van der Waals surface area contributed by atoms with E-state index >= 15 is 0 Å². The van der Waals surface area contributed by atoms with Crippen molar-refractivity contribution in [3.63, 3.8) is 0 Å². The fraction of sp³-hybridized carbons (Fsp3) is 0.444. The van der Waals surface area contributed by atoms with Crippen LogP contribution < -0.4 is 5.32 Å². The largest absolute Gasteiger partial charge is 0.481 e. The molecule has 0 radical (unpaired) electrons. The summed E-state index contributed by atoms with van der Waals surface area (Å²) in [6.45, 7) is 2.69. The van der Waals surface area contributed by atoms with E-state index in [-0.39, 0.29) is 43.4 Å². The maximum atomic E-state index is 13.1. The SMILES string of the molecule is CCN(CCC(=O)O)C(=O)[C@H]1CCCC[C@H]1NC(=O)OCC1c2ccccc2-c2ccccc21. The molecule has 1 fully saturated rings. The molecule has 2 aliphatic carbocycles. The van der Waals surface area contributed by atoms with E-state index in [1.807, 2.05) is 31.2 Å². The first-order valence-electron chi connectivity index (χ1n) is 12.1. The van der Waals surface area contributed by atoms with E-state index in [0.29, 0.717) is 19.4 Å². The van der Waals surface area contributed by atoms with Crippen LogP contribution in [0.4, 0.5) is 4.79 Å². The summed E-state index contributed by atoms with van der Waals surface area (Å²) in [5, 5.41) is 11.9. The molecule has 180 valence electrons. The van der Waals surface area contributed by atoms with Gasteiger partial charge in [-0.25, -0.2) is 4.79 Å². The summed E-state index contributed by atoms with van der Waals surface area (Å²) >= 11 is 0. The third kappa shape index (κ3) is 5.08. The molecule has 7 nitrogen and oxygen atoms in total. The number of carboxylic acids is 1. The lowest BCUT2D eigenvalue weighted by Gasteiger charge is -2.34. The highest BCUT2D eigenvalue weighted by Gasteiger charge is 2.35. The Morgan fingerprint density at radius 2 is 1.62 bits per heavy atom. The van der Waals surface area contributed by atoms with Crippen LogP contribution in [0.1, 0.15) is 56.1 Å². The van der Waals surface area contributed by atoms with Gasteiger partial charge >= 0.3 is 12.1 Å². The monoisotopic (exact) mass is 464 g/mol. The average Bonchev–Trinajstić information content (AvgIpc) is 3.17. The van der Waals surface area contributed by atoms with E-state index in [1.54, 1.807) is 4.90 Å². The fourth-order valence-electron chi connectivity index (χ4n) is 5.28. The first kappa shape index (κ1) is 23.8. The number of nitrogens with zero attached hydrogens (tertiary/aromatic N) is 1. The number of ether oxygens (including phenoxy) is 1. The lowest BCUT2D eigenvalue weighted by atomic mass is 9.83. The minimum atomic E-state index is -0.928. The molecule has 2 aliphatic rings. The quantitative estimate of drug-likeness (QED) is 0.603. The van der Waals surface area contributed by atoms with Crippen LogP contribution in [-0.2, 0) is 14.3 Å². The van der Waals surface area contributed by atoms with Crippen LogP contribution in [0.5, 0.6) is 0 Å². The summed E-state index contributed by atoms with van der Waals surface area (Å²) in [5.74, 6) is -1.40. The first-order chi connectivity index (χ1) is 16.5. The molecule has 7 heteroatoms. The van der Waals surface area contributed by atoms with Gasteiger partial charge in [-0.15, -0.1) is 0 Å². The van der Waals surface area contributed by atoms with Gasteiger partial charge < -0.3 is 20.1 Å². The minimum absolute atomic E-state index is 0.0199. The molecular formula is C27H32N2O5. The van der Waals surface area contributed by atoms with Gasteiger partial charge in [-0.3, -0.25) is 9.59 Å². The van der Waals surface area contributed by atoms with Gasteiger partial charge in [0.15, 0.2) is 0 Å². The molecule has 0 bridgehead atoms. The van der Waals surface area contributed by atoms with Crippen LogP contribution in [0, 0.1) is 5.92 Å². The van der Waals surface area contributed by atoms with Gasteiger partial charge in [0, 0.05) is 25.0 Å². The van der Waals surface area contributed by atoms with Crippen molar-refractivity contribution in [3.8, 4) is 11.1 Å². The number of nitrogens with one attached hydrogen (secondary N) is 1. The lowest BCUT2D eigenvalue weighted by Crippen LogP contribution is -2.50. The van der Waals surface area contributed by atoms with Crippen molar-refractivity contribution in [2.45, 2.75) is 51.0 Å². The molecule has 2 amide bonds. The highest BCUT2D eigenvalue weighted by Crippen LogP contribution is 2.44. The zero-order chi connectivity index (χ0) is 24.1. The van der Waals surface area contributed by atoms with Crippen LogP contribution in [-0.4, -0.2) is 53.7 Å². The summed E-state index contributed by atoms with van der Waals surface area (Å²) in [6, 6.07) is 16.1. The van der Waals surface area contributed by atoms with Crippen molar-refractivity contribution in [2.24, 2.45) is 5.92 Å². The van der Waals surface area contributed by atoms with Crippen LogP contribution in [0.3, 0.4) is 0 Å². The third-order valence-electron chi connectivity index (χ3n) is 7.02. The normalized spacial score (nSPS) is 19.1. The molecule has 1 saturated carbocycles. The molecule has 2 N–H and O–H groups in total. The maximum absolute atomic E-state index is 13.1. The predicted octanol–water partition coefficient (Wildman–Crippen LogP) is 4.41. The second-order valence-electron chi connectivity index (χ2n) is 9.03. The number of rotatable bonds is 8. The molecule has 2 atom stereocenters. The van der Waals surface area contributed by atoms with Crippen molar-refractivity contribution in [3.05, 3.63) is 59.7 Å². The standard InChI is InChI=1S/C27H32N2O5/c1-2-29(16-15-25(30)31)26(32)22-13-7-8-14-24(22)28-27(33)34-17-23-20-11-5-3-9-18(20)19-10-4-6-12-21(19)23/h3-6,9-12,22-24H,2,7-8,13-17H2,1H3,(H,28,33)(H,30,31)/t22-,24+/m0/s1. The molecule has 2 aromatic carbocycles. The van der Waals surface area contributed by atoms with Gasteiger partial charge in [-0.05, 0) is 42.0 Å². The number of amides is 2. The Hall–Kier alpha value is -3.35. The Bertz CT molecular complexity index is 1010. The van der Waals surface area contributed by atoms with E-state index in [1.165, 1.54) is 11.1 Å². The first-order valence-corrected chi connectivity index (χ1v) is 12.1. The Kier molecular flexibility index (Phi) is 7.50. The zero-order valence-electron chi connectivity index (χ0n) is 19.5. The van der Waals surface area contributed by atoms with Crippen LogP contribution in [0.25, 0.3) is 11.1 Å². The van der Waals surface area contributed by atoms with Crippen molar-refractivity contribution in [1.29, 1.82) is 0 Å². The van der Waals surface area contributed by atoms with Gasteiger partial charge in [0.05, 0.1) is 12.3 Å². The second kappa shape index (κ2) is 10.7. The number of carboxylic acid groups (broad SMARTS) is 1. The second-order valence-corrected chi connectivity index (χ2v) is 9.03. The van der Waals surface area contributed by atoms with Crippen molar-refractivity contribution in [2.75, 3.05) is 19.7 Å². The minimum Gasteiger partial charge on any atom is -0.481 e. The van der Waals surface area contributed by atoms with E-state index in [4.69, 9.17) is 9.84 Å². The molecule has 34 heavy (non-hydrogen) atoms. The molecule has 4 rings (SSSR count). The number of benzene rings is 2. The molecule has 0 heterocycles. The number of alkyl carbamates (subject to hydrolysis) is 1. The van der Waals surface area contributed by atoms with Crippen LogP contribution >= 0.6 is 0 Å². The molecular weight excluding hydrogens is 432 g/mol. The molecule has 0 aromatic heterocycles. The van der Waals surface area contributed by atoms with E-state index in [9.17, 15) is 14.4 Å². The van der Waals surface area contributed by atoms with E-state index < -0.39 is 12.1 Å². The van der Waals surface area contributed by atoms with Gasteiger partial charge in [0.1, 0.15) is 6.61 Å². The van der Waals surface area contributed by atoms with Crippen molar-refractivity contribution in [1.82, 2.24) is 10.2 Å². The van der Waals surface area contributed by atoms with E-state index in [2.05, 4.69) is 29.6 Å². The third-order valence-corrected chi connectivity index (χ3v) is 7.02. The summed E-state index contributed by atoms with van der Waals surface area (Å²) in [7, 11) is 0. The van der Waals surface area contributed by atoms with Gasteiger partial charge in [0.25, 0.3) is 0 Å². The van der Waals surface area contributed by atoms with E-state index in [0.717, 1.165) is 24.0 Å². The number of fused-ring (bicyclic) bond motifs is 3. The predicted molar refractivity (Wildman–Crippen MR) is 128 cm³/mol. The lowest BCUT2D eigenvalue weighted by molar-refractivity contribution is -0.140. The number of carbonyl (C=O) groups excluding carboxylic acids is 2. The Morgan fingerprint density at radius 3 is 2.24 bits per heavy atom. The number of hydrogen-bond acceptors (Lipinski definition) is 4. The molecule has 0 unspecified atom stereocenters.